The molecule has 29 heavy (non-hydrogen) atoms. The van der Waals surface area contributed by atoms with Crippen LogP contribution in [-0.4, -0.2) is 31.1 Å². The van der Waals surface area contributed by atoms with Gasteiger partial charge in [0, 0.05) is 29.9 Å². The molecule has 1 aliphatic rings. The topological polar surface area (TPSA) is 82.4 Å². The van der Waals surface area contributed by atoms with Crippen molar-refractivity contribution in [2.75, 3.05) is 23.4 Å². The molecule has 6 nitrogen and oxygen atoms in total. The fourth-order valence-electron chi connectivity index (χ4n) is 2.90. The van der Waals surface area contributed by atoms with E-state index < -0.39 is 18.7 Å². The highest BCUT2D eigenvalue weighted by Crippen LogP contribution is 2.26. The summed E-state index contributed by atoms with van der Waals surface area (Å²) in [6, 6.07) is 12.0. The molecule has 1 N–H and O–H groups in total. The Hall–Kier alpha value is -3.54. The molecular weight excluding hydrogens is 387 g/mol. The van der Waals surface area contributed by atoms with Crippen molar-refractivity contribution in [1.82, 2.24) is 0 Å². The number of hydrogen-bond acceptors (Lipinski definition) is 4. The fourth-order valence-corrected chi connectivity index (χ4v) is 2.90. The number of amides is 2. The number of carbonyl (C=O) groups is 2. The van der Waals surface area contributed by atoms with Crippen LogP contribution in [0.4, 0.5) is 24.5 Å². The van der Waals surface area contributed by atoms with Crippen LogP contribution >= 0.6 is 0 Å². The van der Waals surface area contributed by atoms with Crippen LogP contribution in [0.1, 0.15) is 28.8 Å². The molecule has 0 saturated carbocycles. The van der Waals surface area contributed by atoms with Crippen molar-refractivity contribution in [3.05, 3.63) is 53.6 Å². The minimum Gasteiger partial charge on any atom is -0.483 e. The predicted octanol–water partition coefficient (Wildman–Crippen LogP) is 3.88. The van der Waals surface area contributed by atoms with E-state index in [1.54, 1.807) is 35.2 Å². The molecular formula is C20H16F3N3O3. The summed E-state index contributed by atoms with van der Waals surface area (Å²) in [6.07, 6.45) is -3.22. The maximum atomic E-state index is 12.4. The third kappa shape index (κ3) is 5.04. The van der Waals surface area contributed by atoms with E-state index >= 15 is 0 Å². The molecule has 1 saturated heterocycles. The lowest BCUT2D eigenvalue weighted by atomic mass is 10.1. The van der Waals surface area contributed by atoms with Gasteiger partial charge in [-0.15, -0.1) is 0 Å². The number of nitrogens with one attached hydrogen (secondary N) is 1. The third-order valence-corrected chi connectivity index (χ3v) is 4.26. The van der Waals surface area contributed by atoms with Gasteiger partial charge < -0.3 is 15.0 Å². The lowest BCUT2D eigenvalue weighted by molar-refractivity contribution is -0.153. The molecule has 1 heterocycles. The van der Waals surface area contributed by atoms with Crippen LogP contribution in [0, 0.1) is 11.3 Å². The zero-order chi connectivity index (χ0) is 21.0. The standard InChI is InChI=1S/C20H16F3N3O3/c21-20(22,23)12-29-17-8-5-15(10-14(17)11-24)25-19(28)13-3-6-16(7-4-13)26-9-1-2-18(26)27/h3-8,10H,1-2,9,12H2,(H,25,28). The molecule has 0 aliphatic carbocycles. The first-order valence-electron chi connectivity index (χ1n) is 8.72. The Morgan fingerprint density at radius 3 is 2.52 bits per heavy atom. The second-order valence-electron chi connectivity index (χ2n) is 6.38. The molecule has 0 aromatic heterocycles. The van der Waals surface area contributed by atoms with Crippen LogP contribution in [0.25, 0.3) is 0 Å². The number of nitriles is 1. The van der Waals surface area contributed by atoms with Crippen molar-refractivity contribution in [2.24, 2.45) is 0 Å². The second-order valence-corrected chi connectivity index (χ2v) is 6.38. The van der Waals surface area contributed by atoms with Gasteiger partial charge >= 0.3 is 6.18 Å². The summed E-state index contributed by atoms with van der Waals surface area (Å²) in [5.41, 5.74) is 1.15. The minimum atomic E-state index is -4.52. The minimum absolute atomic E-state index is 0.0408. The van der Waals surface area contributed by atoms with Gasteiger partial charge in [-0.25, -0.2) is 0 Å². The van der Waals surface area contributed by atoms with Gasteiger partial charge in [-0.3, -0.25) is 9.59 Å². The summed E-state index contributed by atoms with van der Waals surface area (Å²) in [5.74, 6) is -0.640. The number of alkyl halides is 3. The highest BCUT2D eigenvalue weighted by molar-refractivity contribution is 6.05. The number of nitrogens with zero attached hydrogens (tertiary/aromatic N) is 2. The second kappa shape index (κ2) is 8.22. The number of benzene rings is 2. The SMILES string of the molecule is N#Cc1cc(NC(=O)c2ccc(N3CCCC3=O)cc2)ccc1OCC(F)(F)F. The zero-order valence-corrected chi connectivity index (χ0v) is 15.1. The molecule has 150 valence electrons. The molecule has 2 aromatic carbocycles. The Balaban J connectivity index is 1.68. The van der Waals surface area contributed by atoms with Crippen molar-refractivity contribution >= 4 is 23.2 Å². The van der Waals surface area contributed by atoms with Crippen molar-refractivity contribution < 1.29 is 27.5 Å². The molecule has 2 aromatic rings. The van der Waals surface area contributed by atoms with Gasteiger partial charge in [-0.05, 0) is 48.9 Å². The zero-order valence-electron chi connectivity index (χ0n) is 15.1. The Labute approximate surface area is 164 Å². The third-order valence-electron chi connectivity index (χ3n) is 4.26. The molecule has 1 aliphatic heterocycles. The van der Waals surface area contributed by atoms with E-state index in [9.17, 15) is 22.8 Å². The summed E-state index contributed by atoms with van der Waals surface area (Å²) < 4.78 is 41.4. The molecule has 0 spiro atoms. The Bertz CT molecular complexity index is 966. The number of anilines is 2. The molecule has 0 atom stereocenters. The largest absolute Gasteiger partial charge is 0.483 e. The first kappa shape index (κ1) is 20.2. The van der Waals surface area contributed by atoms with E-state index in [4.69, 9.17) is 5.26 Å². The van der Waals surface area contributed by atoms with Crippen LogP contribution in [0.3, 0.4) is 0 Å². The van der Waals surface area contributed by atoms with E-state index in [1.807, 2.05) is 0 Å². The Morgan fingerprint density at radius 1 is 1.21 bits per heavy atom. The van der Waals surface area contributed by atoms with Crippen LogP contribution < -0.4 is 15.0 Å². The summed E-state index contributed by atoms with van der Waals surface area (Å²) in [4.78, 5) is 25.8. The van der Waals surface area contributed by atoms with E-state index in [0.717, 1.165) is 6.42 Å². The summed E-state index contributed by atoms with van der Waals surface area (Å²) in [6.45, 7) is -0.872. The highest BCUT2D eigenvalue weighted by Gasteiger charge is 2.29. The number of carbonyl (C=O) groups excluding carboxylic acids is 2. The molecule has 0 radical (unpaired) electrons. The van der Waals surface area contributed by atoms with Gasteiger partial charge in [0.25, 0.3) is 5.91 Å². The number of hydrogen-bond donors (Lipinski definition) is 1. The van der Waals surface area contributed by atoms with Crippen molar-refractivity contribution in [3.8, 4) is 11.8 Å². The van der Waals surface area contributed by atoms with Gasteiger partial charge in [0.2, 0.25) is 5.91 Å². The smallest absolute Gasteiger partial charge is 0.422 e. The van der Waals surface area contributed by atoms with E-state index in [2.05, 4.69) is 10.1 Å². The summed E-state index contributed by atoms with van der Waals surface area (Å²) in [7, 11) is 0. The van der Waals surface area contributed by atoms with Crippen molar-refractivity contribution in [2.45, 2.75) is 19.0 Å². The first-order valence-corrected chi connectivity index (χ1v) is 8.72. The predicted molar refractivity (Wildman–Crippen MR) is 98.7 cm³/mol. The molecule has 1 fully saturated rings. The van der Waals surface area contributed by atoms with Gasteiger partial charge in [-0.2, -0.15) is 18.4 Å². The van der Waals surface area contributed by atoms with Crippen molar-refractivity contribution in [1.29, 1.82) is 5.26 Å². The molecule has 2 amide bonds. The average Bonchev–Trinajstić information content (AvgIpc) is 3.12. The summed E-state index contributed by atoms with van der Waals surface area (Å²) >= 11 is 0. The molecule has 0 unspecified atom stereocenters. The summed E-state index contributed by atoms with van der Waals surface area (Å²) in [5, 5.41) is 11.7. The van der Waals surface area contributed by atoms with Gasteiger partial charge in [0.1, 0.15) is 11.8 Å². The lowest BCUT2D eigenvalue weighted by Crippen LogP contribution is -2.23. The number of rotatable bonds is 5. The first-order chi connectivity index (χ1) is 13.8. The van der Waals surface area contributed by atoms with Crippen LogP contribution in [0.5, 0.6) is 5.75 Å². The molecule has 0 bridgehead atoms. The van der Waals surface area contributed by atoms with Crippen molar-refractivity contribution in [3.63, 3.8) is 0 Å². The van der Waals surface area contributed by atoms with Gasteiger partial charge in [0.05, 0.1) is 5.56 Å². The molecule has 9 heteroatoms. The normalized spacial score (nSPS) is 13.9. The Kier molecular flexibility index (Phi) is 5.73. The lowest BCUT2D eigenvalue weighted by Gasteiger charge is -2.16. The van der Waals surface area contributed by atoms with Gasteiger partial charge in [-0.1, -0.05) is 0 Å². The quantitative estimate of drug-likeness (QED) is 0.822. The van der Waals surface area contributed by atoms with E-state index in [-0.39, 0.29) is 22.9 Å². The fraction of sp³-hybridized carbons (Fsp3) is 0.250. The number of halogens is 3. The van der Waals surface area contributed by atoms with Gasteiger partial charge in [0.15, 0.2) is 6.61 Å². The maximum Gasteiger partial charge on any atom is 0.422 e. The maximum absolute atomic E-state index is 12.4. The van der Waals surface area contributed by atoms with Crippen LogP contribution in [-0.2, 0) is 4.79 Å². The van der Waals surface area contributed by atoms with Crippen LogP contribution in [0.15, 0.2) is 42.5 Å². The molecule has 3 rings (SSSR count). The monoisotopic (exact) mass is 403 g/mol. The van der Waals surface area contributed by atoms with Crippen LogP contribution in [0.2, 0.25) is 0 Å². The average molecular weight is 403 g/mol. The Morgan fingerprint density at radius 2 is 1.93 bits per heavy atom. The highest BCUT2D eigenvalue weighted by atomic mass is 19.4. The van der Waals surface area contributed by atoms with E-state index in [0.29, 0.717) is 24.2 Å². The van der Waals surface area contributed by atoms with E-state index in [1.165, 1.54) is 18.2 Å². The number of ether oxygens (including phenoxy) is 1.